The Kier molecular flexibility index (Phi) is 4.85. The molecule has 0 aliphatic carbocycles. The molecule has 0 aromatic carbocycles. The van der Waals surface area contributed by atoms with Gasteiger partial charge in [0.2, 0.25) is 5.91 Å². The van der Waals surface area contributed by atoms with Gasteiger partial charge in [0.15, 0.2) is 0 Å². The Hall–Kier alpha value is -2.45. The van der Waals surface area contributed by atoms with Crippen LogP contribution in [-0.2, 0) is 31.0 Å². The van der Waals surface area contributed by atoms with Gasteiger partial charge in [-0.2, -0.15) is 5.10 Å². The molecule has 1 atom stereocenters. The summed E-state index contributed by atoms with van der Waals surface area (Å²) in [6, 6.07) is 3.77. The summed E-state index contributed by atoms with van der Waals surface area (Å²) in [7, 11) is 0. The topological polar surface area (TPSA) is 68.0 Å². The quantitative estimate of drug-likeness (QED) is 0.721. The van der Waals surface area contributed by atoms with Crippen LogP contribution in [0.1, 0.15) is 29.1 Å². The van der Waals surface area contributed by atoms with Crippen LogP contribution < -0.4 is 5.32 Å². The highest BCUT2D eigenvalue weighted by Gasteiger charge is 2.30. The lowest BCUT2D eigenvalue weighted by Gasteiger charge is -2.33. The molecule has 0 saturated carbocycles. The first kappa shape index (κ1) is 17.0. The summed E-state index contributed by atoms with van der Waals surface area (Å²) in [6.07, 6.45) is 7.58. The highest BCUT2D eigenvalue weighted by Crippen LogP contribution is 2.23. The predicted molar refractivity (Wildman–Crippen MR) is 99.4 cm³/mol. The zero-order valence-corrected chi connectivity index (χ0v) is 15.5. The van der Waals surface area contributed by atoms with E-state index >= 15 is 0 Å². The van der Waals surface area contributed by atoms with Crippen molar-refractivity contribution in [2.75, 3.05) is 6.54 Å². The van der Waals surface area contributed by atoms with Gasteiger partial charge in [0.25, 0.3) is 0 Å². The Morgan fingerprint density at radius 2 is 2.35 bits per heavy atom. The van der Waals surface area contributed by atoms with Crippen LogP contribution in [0.25, 0.3) is 0 Å². The van der Waals surface area contributed by atoms with Crippen LogP contribution in [0.4, 0.5) is 0 Å². The molecule has 4 heterocycles. The van der Waals surface area contributed by atoms with Crippen LogP contribution in [0.2, 0.25) is 0 Å². The Labute approximate surface area is 156 Å². The summed E-state index contributed by atoms with van der Waals surface area (Å²) < 4.78 is 3.92. The first-order chi connectivity index (χ1) is 12.7. The largest absolute Gasteiger partial charge is 0.349 e. The standard InChI is InChI=1S/C18H22N6OS/c1-2-23-10-14(6-21-23)9-22-11-15-7-19-13-24(15)17(12-22)18(25)20-8-16-4-3-5-26-16/h3-7,10,13,17H,2,8-9,11-12H2,1H3,(H,20,25). The SMILES string of the molecule is CCn1cc(CN2Cc3cncn3C(C(=O)NCc3cccs3)C2)cn1. The molecular weight excluding hydrogens is 348 g/mol. The van der Waals surface area contributed by atoms with Gasteiger partial charge in [-0.25, -0.2) is 4.98 Å². The fraction of sp³-hybridized carbons (Fsp3) is 0.389. The van der Waals surface area contributed by atoms with Crippen LogP contribution in [-0.4, -0.2) is 36.7 Å². The first-order valence-corrected chi connectivity index (χ1v) is 9.65. The number of carbonyl (C=O) groups is 1. The van der Waals surface area contributed by atoms with E-state index in [2.05, 4.69) is 33.4 Å². The van der Waals surface area contributed by atoms with Crippen molar-refractivity contribution >= 4 is 17.2 Å². The third-order valence-electron chi connectivity index (χ3n) is 4.64. The molecule has 0 bridgehead atoms. The second kappa shape index (κ2) is 7.43. The zero-order valence-electron chi connectivity index (χ0n) is 14.7. The van der Waals surface area contributed by atoms with E-state index in [1.165, 1.54) is 0 Å². The lowest BCUT2D eigenvalue weighted by atomic mass is 10.1. The second-order valence-corrected chi connectivity index (χ2v) is 7.51. The second-order valence-electron chi connectivity index (χ2n) is 6.48. The van der Waals surface area contributed by atoms with Crippen molar-refractivity contribution in [3.63, 3.8) is 0 Å². The Morgan fingerprint density at radius 3 is 3.12 bits per heavy atom. The number of hydrogen-bond donors (Lipinski definition) is 1. The summed E-state index contributed by atoms with van der Waals surface area (Å²) in [5, 5.41) is 9.43. The highest BCUT2D eigenvalue weighted by atomic mass is 32.1. The first-order valence-electron chi connectivity index (χ1n) is 8.77. The summed E-state index contributed by atoms with van der Waals surface area (Å²) in [6.45, 7) is 5.73. The molecule has 0 fully saturated rings. The van der Waals surface area contributed by atoms with Crippen LogP contribution in [0.3, 0.4) is 0 Å². The molecule has 3 aromatic heterocycles. The van der Waals surface area contributed by atoms with Gasteiger partial charge in [-0.3, -0.25) is 14.4 Å². The van der Waals surface area contributed by atoms with E-state index in [1.54, 1.807) is 17.7 Å². The van der Waals surface area contributed by atoms with Gasteiger partial charge >= 0.3 is 0 Å². The number of amides is 1. The minimum absolute atomic E-state index is 0.0339. The van der Waals surface area contributed by atoms with E-state index in [9.17, 15) is 4.79 Å². The monoisotopic (exact) mass is 370 g/mol. The Bertz CT molecular complexity index is 868. The Morgan fingerprint density at radius 1 is 1.42 bits per heavy atom. The molecule has 1 N–H and O–H groups in total. The number of aryl methyl sites for hydroxylation is 1. The lowest BCUT2D eigenvalue weighted by Crippen LogP contribution is -2.43. The summed E-state index contributed by atoms with van der Waals surface area (Å²) >= 11 is 1.65. The smallest absolute Gasteiger partial charge is 0.244 e. The normalized spacial score (nSPS) is 17.2. The van der Waals surface area contributed by atoms with Gasteiger partial charge in [0.1, 0.15) is 6.04 Å². The zero-order chi connectivity index (χ0) is 17.9. The molecular formula is C18H22N6OS. The average Bonchev–Trinajstić information content (AvgIpc) is 3.40. The molecule has 4 rings (SSSR count). The third-order valence-corrected chi connectivity index (χ3v) is 5.51. The number of imidazole rings is 1. The van der Waals surface area contributed by atoms with Gasteiger partial charge in [-0.15, -0.1) is 11.3 Å². The van der Waals surface area contributed by atoms with E-state index in [-0.39, 0.29) is 11.9 Å². The fourth-order valence-electron chi connectivity index (χ4n) is 3.32. The van der Waals surface area contributed by atoms with Crippen molar-refractivity contribution < 1.29 is 4.79 Å². The summed E-state index contributed by atoms with van der Waals surface area (Å²) in [4.78, 5) is 20.5. The van der Waals surface area contributed by atoms with Crippen molar-refractivity contribution in [2.24, 2.45) is 0 Å². The molecule has 1 aliphatic heterocycles. The molecule has 1 amide bonds. The number of rotatable bonds is 6. The van der Waals surface area contributed by atoms with Gasteiger partial charge in [0.05, 0.1) is 24.8 Å². The van der Waals surface area contributed by atoms with Crippen molar-refractivity contribution in [3.8, 4) is 0 Å². The van der Waals surface area contributed by atoms with Gasteiger partial charge in [-0.05, 0) is 18.4 Å². The van der Waals surface area contributed by atoms with Crippen LogP contribution in [0.15, 0.2) is 42.4 Å². The maximum atomic E-state index is 12.8. The summed E-state index contributed by atoms with van der Waals surface area (Å²) in [5.74, 6) is 0.0339. The fourth-order valence-corrected chi connectivity index (χ4v) is 3.96. The molecule has 3 aromatic rings. The highest BCUT2D eigenvalue weighted by molar-refractivity contribution is 7.09. The summed E-state index contributed by atoms with van der Waals surface area (Å²) in [5.41, 5.74) is 2.23. The predicted octanol–water partition coefficient (Wildman–Crippen LogP) is 2.03. The van der Waals surface area contributed by atoms with Crippen molar-refractivity contribution in [1.82, 2.24) is 29.5 Å². The number of thiophene rings is 1. The molecule has 0 spiro atoms. The van der Waals surface area contributed by atoms with Crippen molar-refractivity contribution in [1.29, 1.82) is 0 Å². The molecule has 0 saturated heterocycles. The number of hydrogen-bond acceptors (Lipinski definition) is 5. The van der Waals surface area contributed by atoms with Gasteiger partial charge in [0, 0.05) is 49.0 Å². The third kappa shape index (κ3) is 3.56. The van der Waals surface area contributed by atoms with Crippen LogP contribution >= 0.6 is 11.3 Å². The van der Waals surface area contributed by atoms with E-state index < -0.39 is 0 Å². The molecule has 1 aliphatic rings. The molecule has 1 unspecified atom stereocenters. The number of nitrogens with zero attached hydrogens (tertiary/aromatic N) is 5. The van der Waals surface area contributed by atoms with Crippen molar-refractivity contribution in [2.45, 2.75) is 39.1 Å². The minimum atomic E-state index is -0.262. The van der Waals surface area contributed by atoms with E-state index in [0.29, 0.717) is 13.1 Å². The lowest BCUT2D eigenvalue weighted by molar-refractivity contribution is -0.125. The molecule has 8 heteroatoms. The number of fused-ring (bicyclic) bond motifs is 1. The molecule has 7 nitrogen and oxygen atoms in total. The van der Waals surface area contributed by atoms with E-state index in [4.69, 9.17) is 0 Å². The Balaban J connectivity index is 1.46. The maximum absolute atomic E-state index is 12.8. The number of aromatic nitrogens is 4. The van der Waals surface area contributed by atoms with Crippen molar-refractivity contribution in [3.05, 3.63) is 58.6 Å². The van der Waals surface area contributed by atoms with E-state index in [0.717, 1.165) is 35.8 Å². The number of carbonyl (C=O) groups excluding carboxylic acids is 1. The molecule has 26 heavy (non-hydrogen) atoms. The minimum Gasteiger partial charge on any atom is -0.349 e. The van der Waals surface area contributed by atoms with Crippen LogP contribution in [0.5, 0.6) is 0 Å². The number of nitrogens with one attached hydrogen (secondary N) is 1. The van der Waals surface area contributed by atoms with Gasteiger partial charge in [-0.1, -0.05) is 6.07 Å². The average molecular weight is 370 g/mol. The maximum Gasteiger partial charge on any atom is 0.244 e. The van der Waals surface area contributed by atoms with E-state index in [1.807, 2.05) is 39.2 Å². The molecule has 136 valence electrons. The van der Waals surface area contributed by atoms with Crippen LogP contribution in [0, 0.1) is 0 Å². The van der Waals surface area contributed by atoms with Gasteiger partial charge < -0.3 is 9.88 Å². The molecule has 0 radical (unpaired) electrons.